The molecule has 0 saturated heterocycles. The fourth-order valence-electron chi connectivity index (χ4n) is 1.07. The molecule has 1 atom stereocenters. The molecule has 1 aromatic rings. The lowest BCUT2D eigenvalue weighted by Crippen LogP contribution is -2.10. The summed E-state index contributed by atoms with van der Waals surface area (Å²) >= 11 is 8.90. The van der Waals surface area contributed by atoms with E-state index < -0.39 is 5.82 Å². The van der Waals surface area contributed by atoms with E-state index in [1.54, 1.807) is 6.07 Å². The van der Waals surface area contributed by atoms with Crippen LogP contribution in [0.15, 0.2) is 16.6 Å². The van der Waals surface area contributed by atoms with E-state index in [9.17, 15) is 4.39 Å². The molecule has 0 saturated carbocycles. The summed E-state index contributed by atoms with van der Waals surface area (Å²) in [5.41, 5.74) is 6.17. The Kier molecular flexibility index (Phi) is 3.71. The van der Waals surface area contributed by atoms with Crippen LogP contribution in [0.25, 0.3) is 0 Å². The molecule has 1 aromatic carbocycles. The Labute approximate surface area is 90.2 Å². The van der Waals surface area contributed by atoms with Crippen molar-refractivity contribution in [1.82, 2.24) is 0 Å². The predicted octanol–water partition coefficient (Wildman–Crippen LogP) is 3.65. The number of rotatable bonds is 2. The third-order valence-corrected chi connectivity index (χ3v) is 2.59. The molecule has 13 heavy (non-hydrogen) atoms. The summed E-state index contributed by atoms with van der Waals surface area (Å²) in [6.07, 6.45) is 0.684. The van der Waals surface area contributed by atoms with Crippen molar-refractivity contribution >= 4 is 27.5 Å². The van der Waals surface area contributed by atoms with Gasteiger partial charge in [-0.1, -0.05) is 34.5 Å². The van der Waals surface area contributed by atoms with Crippen LogP contribution in [0.2, 0.25) is 5.02 Å². The molecule has 0 aliphatic rings. The first-order valence-corrected chi connectivity index (χ1v) is 5.13. The van der Waals surface area contributed by atoms with Gasteiger partial charge in [-0.15, -0.1) is 0 Å². The topological polar surface area (TPSA) is 26.0 Å². The lowest BCUT2D eigenvalue weighted by atomic mass is 10.1. The fraction of sp³-hybridized carbons (Fsp3) is 0.333. The van der Waals surface area contributed by atoms with Gasteiger partial charge in [0.2, 0.25) is 0 Å². The van der Waals surface area contributed by atoms with Crippen LogP contribution in [0.3, 0.4) is 0 Å². The number of hydrogen-bond donors (Lipinski definition) is 1. The zero-order valence-electron chi connectivity index (χ0n) is 7.15. The van der Waals surface area contributed by atoms with Crippen molar-refractivity contribution in [1.29, 1.82) is 0 Å². The Morgan fingerprint density at radius 2 is 2.23 bits per heavy atom. The summed E-state index contributed by atoms with van der Waals surface area (Å²) in [5, 5.41) is 0.105. The number of halogens is 3. The average molecular weight is 267 g/mol. The molecule has 0 bridgehead atoms. The molecule has 0 heterocycles. The second kappa shape index (κ2) is 4.40. The molecule has 0 aliphatic heterocycles. The molecular formula is C9H10BrClFN. The van der Waals surface area contributed by atoms with Gasteiger partial charge in [-0.2, -0.15) is 0 Å². The van der Waals surface area contributed by atoms with E-state index in [1.165, 1.54) is 6.07 Å². The largest absolute Gasteiger partial charge is 0.324 e. The van der Waals surface area contributed by atoms with Crippen molar-refractivity contribution in [2.24, 2.45) is 5.73 Å². The molecule has 0 radical (unpaired) electrons. The predicted molar refractivity (Wildman–Crippen MR) is 56.3 cm³/mol. The molecule has 0 spiro atoms. The van der Waals surface area contributed by atoms with Crippen LogP contribution >= 0.6 is 27.5 Å². The maximum absolute atomic E-state index is 13.4. The van der Waals surface area contributed by atoms with Gasteiger partial charge in [-0.3, -0.25) is 0 Å². The molecule has 1 rings (SSSR count). The normalized spacial score (nSPS) is 13.0. The van der Waals surface area contributed by atoms with Gasteiger partial charge in [0, 0.05) is 16.1 Å². The highest BCUT2D eigenvalue weighted by atomic mass is 79.9. The van der Waals surface area contributed by atoms with Gasteiger partial charge in [0.05, 0.1) is 5.02 Å². The van der Waals surface area contributed by atoms with E-state index in [1.807, 2.05) is 6.92 Å². The Hall–Kier alpha value is -0.120. The van der Waals surface area contributed by atoms with Gasteiger partial charge in [0.25, 0.3) is 0 Å². The van der Waals surface area contributed by atoms with Gasteiger partial charge in [-0.25, -0.2) is 4.39 Å². The van der Waals surface area contributed by atoms with Crippen molar-refractivity contribution in [3.63, 3.8) is 0 Å². The van der Waals surface area contributed by atoms with Crippen LogP contribution in [0, 0.1) is 5.82 Å². The van der Waals surface area contributed by atoms with E-state index in [4.69, 9.17) is 17.3 Å². The van der Waals surface area contributed by atoms with E-state index in [2.05, 4.69) is 15.9 Å². The average Bonchev–Trinajstić information content (AvgIpc) is 2.10. The molecule has 0 amide bonds. The standard InChI is InChI=1S/C9H10BrClFN/c1-2-8(13)6-3-5(10)4-7(11)9(6)12/h3-4,8H,2,13H2,1H3/t8-/m0/s1. The van der Waals surface area contributed by atoms with Crippen LogP contribution in [-0.2, 0) is 0 Å². The van der Waals surface area contributed by atoms with Crippen LogP contribution in [0.4, 0.5) is 4.39 Å². The van der Waals surface area contributed by atoms with Crippen LogP contribution in [0.5, 0.6) is 0 Å². The summed E-state index contributed by atoms with van der Waals surface area (Å²) in [6, 6.07) is 2.88. The van der Waals surface area contributed by atoms with Gasteiger partial charge in [0.1, 0.15) is 5.82 Å². The zero-order valence-corrected chi connectivity index (χ0v) is 9.49. The minimum Gasteiger partial charge on any atom is -0.324 e. The SMILES string of the molecule is CC[C@H](N)c1cc(Br)cc(Cl)c1F. The minimum atomic E-state index is -0.417. The van der Waals surface area contributed by atoms with Gasteiger partial charge >= 0.3 is 0 Å². The monoisotopic (exact) mass is 265 g/mol. The van der Waals surface area contributed by atoms with E-state index >= 15 is 0 Å². The van der Waals surface area contributed by atoms with Crippen LogP contribution in [0.1, 0.15) is 24.9 Å². The van der Waals surface area contributed by atoms with E-state index in [-0.39, 0.29) is 11.1 Å². The molecular weight excluding hydrogens is 256 g/mol. The number of hydrogen-bond acceptors (Lipinski definition) is 1. The summed E-state index contributed by atoms with van der Waals surface area (Å²) in [6.45, 7) is 1.90. The van der Waals surface area contributed by atoms with Crippen molar-refractivity contribution in [3.05, 3.63) is 33.0 Å². The summed E-state index contributed by atoms with van der Waals surface area (Å²) in [7, 11) is 0. The van der Waals surface area contributed by atoms with Crippen molar-refractivity contribution in [2.45, 2.75) is 19.4 Å². The quantitative estimate of drug-likeness (QED) is 0.813. The van der Waals surface area contributed by atoms with E-state index in [0.29, 0.717) is 12.0 Å². The number of benzene rings is 1. The first-order valence-electron chi connectivity index (χ1n) is 3.96. The first-order chi connectivity index (χ1) is 6.06. The highest BCUT2D eigenvalue weighted by Crippen LogP contribution is 2.28. The molecule has 4 heteroatoms. The van der Waals surface area contributed by atoms with Crippen molar-refractivity contribution < 1.29 is 4.39 Å². The van der Waals surface area contributed by atoms with Gasteiger partial charge in [0.15, 0.2) is 0 Å². The smallest absolute Gasteiger partial charge is 0.146 e. The minimum absolute atomic E-state index is 0.105. The third-order valence-electron chi connectivity index (χ3n) is 1.86. The maximum Gasteiger partial charge on any atom is 0.146 e. The lowest BCUT2D eigenvalue weighted by Gasteiger charge is -2.11. The van der Waals surface area contributed by atoms with Gasteiger partial charge in [-0.05, 0) is 18.6 Å². The molecule has 0 unspecified atom stereocenters. The Bertz CT molecular complexity index is 317. The Balaban J connectivity index is 3.20. The molecule has 0 aromatic heterocycles. The summed E-state index contributed by atoms with van der Waals surface area (Å²) in [4.78, 5) is 0. The fourth-order valence-corrected chi connectivity index (χ4v) is 1.90. The molecule has 0 fully saturated rings. The lowest BCUT2D eigenvalue weighted by molar-refractivity contribution is 0.575. The highest BCUT2D eigenvalue weighted by molar-refractivity contribution is 9.10. The third kappa shape index (κ3) is 2.42. The second-order valence-electron chi connectivity index (χ2n) is 2.81. The molecule has 2 N–H and O–H groups in total. The van der Waals surface area contributed by atoms with E-state index in [0.717, 1.165) is 4.47 Å². The van der Waals surface area contributed by atoms with Crippen LogP contribution in [-0.4, -0.2) is 0 Å². The van der Waals surface area contributed by atoms with Gasteiger partial charge < -0.3 is 5.73 Å². The molecule has 1 nitrogen and oxygen atoms in total. The Morgan fingerprint density at radius 1 is 1.62 bits per heavy atom. The summed E-state index contributed by atoms with van der Waals surface area (Å²) in [5.74, 6) is -0.417. The van der Waals surface area contributed by atoms with Crippen molar-refractivity contribution in [3.8, 4) is 0 Å². The zero-order chi connectivity index (χ0) is 10.0. The summed E-state index contributed by atoms with van der Waals surface area (Å²) < 4.78 is 14.1. The highest BCUT2D eigenvalue weighted by Gasteiger charge is 2.13. The van der Waals surface area contributed by atoms with Crippen LogP contribution < -0.4 is 5.73 Å². The number of nitrogens with two attached hydrogens (primary N) is 1. The molecule has 72 valence electrons. The maximum atomic E-state index is 13.4. The first kappa shape index (κ1) is 11.0. The second-order valence-corrected chi connectivity index (χ2v) is 4.13. The molecule has 0 aliphatic carbocycles. The Morgan fingerprint density at radius 3 is 2.77 bits per heavy atom. The van der Waals surface area contributed by atoms with Crippen molar-refractivity contribution in [2.75, 3.05) is 0 Å².